The van der Waals surface area contributed by atoms with Crippen molar-refractivity contribution in [2.75, 3.05) is 13.1 Å². The average Bonchev–Trinajstić information content (AvgIpc) is 2.93. The first kappa shape index (κ1) is 12.7. The van der Waals surface area contributed by atoms with Gasteiger partial charge in [-0.3, -0.25) is 0 Å². The Hall–Kier alpha value is -1.32. The first-order chi connectivity index (χ1) is 9.00. The summed E-state index contributed by atoms with van der Waals surface area (Å²) in [5.41, 5.74) is 8.43. The van der Waals surface area contributed by atoms with Crippen LogP contribution in [-0.2, 0) is 5.41 Å². The Morgan fingerprint density at radius 2 is 2.05 bits per heavy atom. The Morgan fingerprint density at radius 1 is 1.32 bits per heavy atom. The van der Waals surface area contributed by atoms with Gasteiger partial charge in [-0.1, -0.05) is 32.0 Å². The zero-order valence-corrected chi connectivity index (χ0v) is 11.7. The lowest BCUT2D eigenvalue weighted by Crippen LogP contribution is -2.41. The molecule has 1 heterocycles. The van der Waals surface area contributed by atoms with Gasteiger partial charge in [0.2, 0.25) is 0 Å². The van der Waals surface area contributed by atoms with E-state index in [0.29, 0.717) is 0 Å². The summed E-state index contributed by atoms with van der Waals surface area (Å²) in [5.74, 6) is 0. The van der Waals surface area contributed by atoms with Crippen LogP contribution in [0.5, 0.6) is 0 Å². The lowest BCUT2D eigenvalue weighted by molar-refractivity contribution is 0.445. The molecule has 3 N–H and O–H groups in total. The van der Waals surface area contributed by atoms with Crippen molar-refractivity contribution < 1.29 is 4.42 Å². The highest BCUT2D eigenvalue weighted by Crippen LogP contribution is 2.33. The number of para-hydroxylation sites is 1. The average molecular weight is 258 g/mol. The number of nitrogens with two attached hydrogens (primary N) is 1. The minimum Gasteiger partial charge on any atom is -0.464 e. The second kappa shape index (κ2) is 4.36. The van der Waals surface area contributed by atoms with Gasteiger partial charge in [-0.05, 0) is 18.9 Å². The van der Waals surface area contributed by atoms with Gasteiger partial charge in [0.15, 0.2) is 0 Å². The van der Waals surface area contributed by atoms with Gasteiger partial charge in [-0.15, -0.1) is 0 Å². The van der Waals surface area contributed by atoms with Crippen LogP contribution >= 0.6 is 0 Å². The Balaban J connectivity index is 1.75. The van der Waals surface area contributed by atoms with E-state index in [4.69, 9.17) is 10.2 Å². The van der Waals surface area contributed by atoms with Gasteiger partial charge >= 0.3 is 0 Å². The van der Waals surface area contributed by atoms with Gasteiger partial charge in [0, 0.05) is 35.0 Å². The molecule has 102 valence electrons. The van der Waals surface area contributed by atoms with Crippen LogP contribution in [0.15, 0.2) is 34.9 Å². The van der Waals surface area contributed by atoms with Crippen molar-refractivity contribution in [3.05, 3.63) is 36.1 Å². The molecule has 0 atom stereocenters. The molecule has 2 aromatic rings. The summed E-state index contributed by atoms with van der Waals surface area (Å²) >= 11 is 0. The Morgan fingerprint density at radius 3 is 2.79 bits per heavy atom. The van der Waals surface area contributed by atoms with Gasteiger partial charge in [0.1, 0.15) is 5.58 Å². The quantitative estimate of drug-likeness (QED) is 0.867. The van der Waals surface area contributed by atoms with Crippen molar-refractivity contribution in [3.63, 3.8) is 0 Å². The van der Waals surface area contributed by atoms with E-state index in [-0.39, 0.29) is 11.0 Å². The van der Waals surface area contributed by atoms with E-state index < -0.39 is 0 Å². The summed E-state index contributed by atoms with van der Waals surface area (Å²) in [4.78, 5) is 0. The number of hydrogen-bond donors (Lipinski definition) is 2. The normalized spacial score (nSPS) is 17.8. The van der Waals surface area contributed by atoms with Crippen LogP contribution in [-0.4, -0.2) is 18.6 Å². The van der Waals surface area contributed by atoms with E-state index in [1.165, 1.54) is 10.9 Å². The molecule has 1 aromatic heterocycles. The Labute approximate surface area is 114 Å². The summed E-state index contributed by atoms with van der Waals surface area (Å²) in [5, 5.41) is 4.73. The zero-order chi connectivity index (χ0) is 13.5. The first-order valence-corrected chi connectivity index (χ1v) is 6.97. The molecule has 0 saturated heterocycles. The van der Waals surface area contributed by atoms with Crippen molar-refractivity contribution in [1.29, 1.82) is 0 Å². The van der Waals surface area contributed by atoms with E-state index in [2.05, 4.69) is 31.3 Å². The molecule has 1 aliphatic rings. The number of benzene rings is 1. The van der Waals surface area contributed by atoms with Gasteiger partial charge < -0.3 is 15.5 Å². The van der Waals surface area contributed by atoms with Gasteiger partial charge in [-0.2, -0.15) is 0 Å². The fourth-order valence-corrected chi connectivity index (χ4v) is 2.56. The van der Waals surface area contributed by atoms with Gasteiger partial charge in [0.25, 0.3) is 0 Å². The topological polar surface area (TPSA) is 51.2 Å². The van der Waals surface area contributed by atoms with Crippen molar-refractivity contribution in [2.24, 2.45) is 5.73 Å². The molecule has 1 aliphatic carbocycles. The summed E-state index contributed by atoms with van der Waals surface area (Å²) in [6.45, 7) is 6.31. The van der Waals surface area contributed by atoms with E-state index in [0.717, 1.165) is 31.5 Å². The highest BCUT2D eigenvalue weighted by molar-refractivity contribution is 5.82. The van der Waals surface area contributed by atoms with Crippen LogP contribution in [0.4, 0.5) is 0 Å². The van der Waals surface area contributed by atoms with E-state index in [1.807, 2.05) is 18.4 Å². The maximum absolute atomic E-state index is 6.10. The largest absolute Gasteiger partial charge is 0.464 e. The fourth-order valence-electron chi connectivity index (χ4n) is 2.56. The van der Waals surface area contributed by atoms with E-state index >= 15 is 0 Å². The predicted octanol–water partition coefficient (Wildman–Crippen LogP) is 2.79. The second-order valence-electron chi connectivity index (χ2n) is 6.50. The summed E-state index contributed by atoms with van der Waals surface area (Å²) in [6, 6.07) is 8.21. The number of rotatable bonds is 5. The SMILES string of the molecule is CC(C)(CNCC1(N)CC1)c1coc2ccccc12. The molecular formula is C16H22N2O. The molecule has 0 unspecified atom stereocenters. The lowest BCUT2D eigenvalue weighted by Gasteiger charge is -2.25. The zero-order valence-electron chi connectivity index (χ0n) is 11.7. The van der Waals surface area contributed by atoms with Gasteiger partial charge in [0.05, 0.1) is 6.26 Å². The highest BCUT2D eigenvalue weighted by atomic mass is 16.3. The predicted molar refractivity (Wildman–Crippen MR) is 78.3 cm³/mol. The van der Waals surface area contributed by atoms with Crippen LogP contribution in [0, 0.1) is 0 Å². The van der Waals surface area contributed by atoms with E-state index in [9.17, 15) is 0 Å². The Kier molecular flexibility index (Phi) is 2.91. The molecular weight excluding hydrogens is 236 g/mol. The second-order valence-corrected chi connectivity index (χ2v) is 6.50. The Bertz CT molecular complexity index is 581. The minimum atomic E-state index is 0.0395. The number of hydrogen-bond acceptors (Lipinski definition) is 3. The molecule has 0 bridgehead atoms. The lowest BCUT2D eigenvalue weighted by atomic mass is 9.84. The molecule has 1 fully saturated rings. The molecule has 3 rings (SSSR count). The summed E-state index contributed by atoms with van der Waals surface area (Å²) < 4.78 is 5.64. The number of fused-ring (bicyclic) bond motifs is 1. The summed E-state index contributed by atoms with van der Waals surface area (Å²) in [7, 11) is 0. The minimum absolute atomic E-state index is 0.0395. The van der Waals surface area contributed by atoms with Crippen LogP contribution in [0.1, 0.15) is 32.3 Å². The van der Waals surface area contributed by atoms with Gasteiger partial charge in [-0.25, -0.2) is 0 Å². The van der Waals surface area contributed by atoms with Crippen molar-refractivity contribution >= 4 is 11.0 Å². The van der Waals surface area contributed by atoms with Crippen molar-refractivity contribution in [2.45, 2.75) is 37.6 Å². The van der Waals surface area contributed by atoms with Crippen LogP contribution in [0.2, 0.25) is 0 Å². The third-order valence-corrected chi connectivity index (χ3v) is 4.15. The maximum Gasteiger partial charge on any atom is 0.134 e. The standard InChI is InChI=1S/C16H22N2O/c1-15(2,10-18-11-16(17)7-8-16)13-9-19-14-6-4-3-5-12(13)14/h3-6,9,18H,7-8,10-11,17H2,1-2H3. The van der Waals surface area contributed by atoms with Crippen molar-refractivity contribution in [3.8, 4) is 0 Å². The molecule has 0 spiro atoms. The van der Waals surface area contributed by atoms with Crippen LogP contribution < -0.4 is 11.1 Å². The molecule has 1 saturated carbocycles. The van der Waals surface area contributed by atoms with Crippen molar-refractivity contribution in [1.82, 2.24) is 5.32 Å². The van der Waals surface area contributed by atoms with Crippen LogP contribution in [0.25, 0.3) is 11.0 Å². The molecule has 3 nitrogen and oxygen atoms in total. The molecule has 19 heavy (non-hydrogen) atoms. The third kappa shape index (κ3) is 2.53. The van der Waals surface area contributed by atoms with Crippen LogP contribution in [0.3, 0.4) is 0 Å². The smallest absolute Gasteiger partial charge is 0.134 e. The molecule has 0 radical (unpaired) electrons. The monoisotopic (exact) mass is 258 g/mol. The fraction of sp³-hybridized carbons (Fsp3) is 0.500. The highest BCUT2D eigenvalue weighted by Gasteiger charge is 2.38. The molecule has 0 amide bonds. The third-order valence-electron chi connectivity index (χ3n) is 4.15. The van der Waals surface area contributed by atoms with E-state index in [1.54, 1.807) is 0 Å². The summed E-state index contributed by atoms with van der Waals surface area (Å²) in [6.07, 6.45) is 4.19. The number of nitrogens with one attached hydrogen (secondary N) is 1. The number of furan rings is 1. The molecule has 3 heteroatoms. The maximum atomic E-state index is 6.10. The molecule has 1 aromatic carbocycles. The molecule has 0 aliphatic heterocycles. The first-order valence-electron chi connectivity index (χ1n) is 6.97.